The van der Waals surface area contributed by atoms with Gasteiger partial charge in [-0.1, -0.05) is 12.1 Å². The van der Waals surface area contributed by atoms with E-state index < -0.39 is 24.7 Å². The van der Waals surface area contributed by atoms with Crippen LogP contribution in [0.25, 0.3) is 11.1 Å². The number of amides is 1. The summed E-state index contributed by atoms with van der Waals surface area (Å²) in [4.78, 5) is 49.9. The molecule has 2 unspecified atom stereocenters. The summed E-state index contributed by atoms with van der Waals surface area (Å²) in [6, 6.07) is 7.98. The number of Topliss-reactive ketones (excluding diaryl/α,β-unsaturated/α-hetero) is 2. The third-order valence-corrected chi connectivity index (χ3v) is 6.96. The van der Waals surface area contributed by atoms with Crippen LogP contribution in [0.2, 0.25) is 0 Å². The fourth-order valence-electron chi connectivity index (χ4n) is 5.15. The smallest absolute Gasteiger partial charge is 0.408 e. The Bertz CT molecular complexity index is 1220. The minimum absolute atomic E-state index is 0.146. The van der Waals surface area contributed by atoms with Crippen molar-refractivity contribution in [2.75, 3.05) is 6.61 Å². The molecule has 1 saturated heterocycles. The number of carboxylic acid groups (broad SMARTS) is 1. The average Bonchev–Trinajstić information content (AvgIpc) is 3.23. The van der Waals surface area contributed by atoms with E-state index in [4.69, 9.17) is 9.47 Å². The number of ketones is 2. The number of rotatable bonds is 4. The number of hydrogen-bond donors (Lipinski definition) is 1. The van der Waals surface area contributed by atoms with Crippen LogP contribution in [0.4, 0.5) is 4.79 Å². The van der Waals surface area contributed by atoms with Crippen LogP contribution in [0.15, 0.2) is 30.3 Å². The normalized spacial score (nSPS) is 20.6. The molecule has 0 spiro atoms. The Balaban J connectivity index is 1.31. The highest BCUT2D eigenvalue weighted by Gasteiger charge is 2.40. The van der Waals surface area contributed by atoms with Gasteiger partial charge in [0.1, 0.15) is 18.4 Å². The number of likely N-dealkylation sites (tertiary alicyclic amines) is 1. The summed E-state index contributed by atoms with van der Waals surface area (Å²) in [5, 5.41) is 9.34. The summed E-state index contributed by atoms with van der Waals surface area (Å²) in [7, 11) is 0. The third-order valence-electron chi connectivity index (χ3n) is 6.96. The molecule has 2 aromatic rings. The second kappa shape index (κ2) is 8.59. The topological polar surface area (TPSA) is 110 Å². The fourth-order valence-corrected chi connectivity index (χ4v) is 5.15. The standard InChI is InChI=1S/C26H25NO7/c1-14-5-8-21(27(14)26(31)32)25(30)34-13-23(29)16-6-7-18-17(9-16)12-33-24-11-19-15(10-20(18)24)3-2-4-22(19)28/h6-7,9-11,14,21H,2-5,8,12-13H2,1H3,(H,31,32). The fraction of sp³-hybridized carbons (Fsp3) is 0.385. The van der Waals surface area contributed by atoms with Gasteiger partial charge in [-0.15, -0.1) is 0 Å². The highest BCUT2D eigenvalue weighted by molar-refractivity contribution is 6.01. The van der Waals surface area contributed by atoms with Gasteiger partial charge in [0, 0.05) is 29.2 Å². The second-order valence-corrected chi connectivity index (χ2v) is 9.11. The molecule has 3 aliphatic rings. The Kier molecular flexibility index (Phi) is 5.59. The minimum Gasteiger partial charge on any atom is -0.488 e. The Labute approximate surface area is 196 Å². The van der Waals surface area contributed by atoms with Gasteiger partial charge in [0.25, 0.3) is 0 Å². The van der Waals surface area contributed by atoms with Gasteiger partial charge in [-0.25, -0.2) is 9.59 Å². The summed E-state index contributed by atoms with van der Waals surface area (Å²) in [5.41, 5.74) is 4.85. The first-order valence-corrected chi connectivity index (χ1v) is 11.5. The molecule has 0 saturated carbocycles. The van der Waals surface area contributed by atoms with Crippen molar-refractivity contribution in [2.24, 2.45) is 0 Å². The van der Waals surface area contributed by atoms with Crippen LogP contribution >= 0.6 is 0 Å². The maximum Gasteiger partial charge on any atom is 0.408 e. The van der Waals surface area contributed by atoms with Crippen LogP contribution in [0.1, 0.15) is 64.4 Å². The number of nitrogens with zero attached hydrogens (tertiary/aromatic N) is 1. The van der Waals surface area contributed by atoms with Gasteiger partial charge in [-0.3, -0.25) is 14.5 Å². The maximum absolute atomic E-state index is 12.7. The maximum atomic E-state index is 12.7. The number of carbonyl (C=O) groups excluding carboxylic acids is 3. The van der Waals surface area contributed by atoms with Crippen LogP contribution in [0, 0.1) is 0 Å². The lowest BCUT2D eigenvalue weighted by Gasteiger charge is -2.25. The van der Waals surface area contributed by atoms with Crippen LogP contribution in [0.3, 0.4) is 0 Å². The predicted octanol–water partition coefficient (Wildman–Crippen LogP) is 4.02. The molecule has 1 aliphatic carbocycles. The van der Waals surface area contributed by atoms with Crippen LogP contribution in [-0.2, 0) is 22.6 Å². The number of ether oxygens (including phenoxy) is 2. The molecule has 34 heavy (non-hydrogen) atoms. The van der Waals surface area contributed by atoms with Gasteiger partial charge in [-0.05, 0) is 67.5 Å². The molecule has 176 valence electrons. The van der Waals surface area contributed by atoms with E-state index in [1.54, 1.807) is 19.1 Å². The summed E-state index contributed by atoms with van der Waals surface area (Å²) >= 11 is 0. The van der Waals surface area contributed by atoms with Gasteiger partial charge in [0.05, 0.1) is 0 Å². The van der Waals surface area contributed by atoms with Gasteiger partial charge in [0.2, 0.25) is 0 Å². The highest BCUT2D eigenvalue weighted by Crippen LogP contribution is 2.41. The number of hydrogen-bond acceptors (Lipinski definition) is 6. The molecular formula is C26H25NO7. The van der Waals surface area contributed by atoms with Crippen LogP contribution in [0.5, 0.6) is 5.75 Å². The Morgan fingerprint density at radius 3 is 2.68 bits per heavy atom. The lowest BCUT2D eigenvalue weighted by atomic mass is 9.86. The molecule has 2 heterocycles. The Hall–Kier alpha value is -3.68. The first-order chi connectivity index (χ1) is 16.3. The number of carbonyl (C=O) groups is 4. The number of aryl methyl sites for hydroxylation is 1. The van der Waals surface area contributed by atoms with Gasteiger partial charge >= 0.3 is 12.1 Å². The summed E-state index contributed by atoms with van der Waals surface area (Å²) in [5.74, 6) is -0.253. The lowest BCUT2D eigenvalue weighted by Crippen LogP contribution is -2.44. The lowest BCUT2D eigenvalue weighted by molar-refractivity contribution is -0.147. The molecule has 0 aromatic heterocycles. The number of fused-ring (bicyclic) bond motifs is 4. The van der Waals surface area contributed by atoms with Crippen molar-refractivity contribution in [1.82, 2.24) is 4.90 Å². The molecular weight excluding hydrogens is 438 g/mol. The van der Waals surface area contributed by atoms with E-state index >= 15 is 0 Å². The highest BCUT2D eigenvalue weighted by atomic mass is 16.5. The molecule has 1 fully saturated rings. The van der Waals surface area contributed by atoms with E-state index in [9.17, 15) is 24.3 Å². The summed E-state index contributed by atoms with van der Waals surface area (Å²) < 4.78 is 11.1. The first-order valence-electron chi connectivity index (χ1n) is 11.5. The van der Waals surface area contributed by atoms with Gasteiger partial charge < -0.3 is 14.6 Å². The monoisotopic (exact) mass is 463 g/mol. The van der Waals surface area contributed by atoms with E-state index in [2.05, 4.69) is 0 Å². The van der Waals surface area contributed by atoms with Crippen molar-refractivity contribution in [3.63, 3.8) is 0 Å². The molecule has 8 heteroatoms. The molecule has 2 atom stereocenters. The summed E-state index contributed by atoms with van der Waals surface area (Å²) in [6.07, 6.45) is 2.04. The van der Waals surface area contributed by atoms with Crippen LogP contribution in [-0.4, -0.2) is 52.3 Å². The van der Waals surface area contributed by atoms with Crippen molar-refractivity contribution in [2.45, 2.75) is 57.7 Å². The zero-order chi connectivity index (χ0) is 24.0. The molecule has 2 aromatic carbocycles. The molecule has 1 amide bonds. The largest absolute Gasteiger partial charge is 0.488 e. The van der Waals surface area contributed by atoms with E-state index in [0.717, 1.165) is 45.6 Å². The van der Waals surface area contributed by atoms with E-state index in [1.807, 2.05) is 18.2 Å². The molecule has 8 nitrogen and oxygen atoms in total. The SMILES string of the molecule is CC1CCC(C(=O)OCC(=O)c2ccc3c(c2)COc2cc4c(cc2-3)CCCC4=O)N1C(=O)O. The van der Waals surface area contributed by atoms with Crippen molar-refractivity contribution < 1.29 is 33.8 Å². The zero-order valence-electron chi connectivity index (χ0n) is 18.8. The molecule has 0 radical (unpaired) electrons. The van der Waals surface area contributed by atoms with Crippen molar-refractivity contribution in [3.8, 4) is 16.9 Å². The Morgan fingerprint density at radius 2 is 1.88 bits per heavy atom. The number of benzene rings is 2. The second-order valence-electron chi connectivity index (χ2n) is 9.11. The van der Waals surface area contributed by atoms with Gasteiger partial charge in [0.15, 0.2) is 18.2 Å². The predicted molar refractivity (Wildman–Crippen MR) is 121 cm³/mol. The quantitative estimate of drug-likeness (QED) is 0.539. The van der Waals surface area contributed by atoms with Crippen molar-refractivity contribution in [3.05, 3.63) is 52.6 Å². The zero-order valence-corrected chi connectivity index (χ0v) is 18.8. The van der Waals surface area contributed by atoms with Crippen molar-refractivity contribution in [1.29, 1.82) is 0 Å². The van der Waals surface area contributed by atoms with E-state index in [-0.39, 0.29) is 24.2 Å². The van der Waals surface area contributed by atoms with E-state index in [0.29, 0.717) is 30.6 Å². The molecule has 0 bridgehead atoms. The van der Waals surface area contributed by atoms with Crippen molar-refractivity contribution >= 4 is 23.6 Å². The summed E-state index contributed by atoms with van der Waals surface area (Å²) in [6.45, 7) is 1.56. The molecule has 1 N–H and O–H groups in total. The average molecular weight is 463 g/mol. The number of esters is 1. The third kappa shape index (κ3) is 3.83. The molecule has 2 aliphatic heterocycles. The van der Waals surface area contributed by atoms with E-state index in [1.165, 1.54) is 0 Å². The Morgan fingerprint density at radius 1 is 1.06 bits per heavy atom. The molecule has 5 rings (SSSR count). The van der Waals surface area contributed by atoms with Crippen LogP contribution < -0.4 is 4.74 Å². The minimum atomic E-state index is -1.17. The van der Waals surface area contributed by atoms with Gasteiger partial charge in [-0.2, -0.15) is 0 Å². The first kappa shape index (κ1) is 22.1.